The highest BCUT2D eigenvalue weighted by Gasteiger charge is 2.17. The normalized spacial score (nSPS) is 10.9. The van der Waals surface area contributed by atoms with Crippen molar-refractivity contribution in [1.82, 2.24) is 9.36 Å². The highest BCUT2D eigenvalue weighted by Crippen LogP contribution is 2.39. The third-order valence-corrected chi connectivity index (χ3v) is 6.16. The molecule has 2 aromatic carbocycles. The van der Waals surface area contributed by atoms with Crippen LogP contribution in [0.3, 0.4) is 0 Å². The van der Waals surface area contributed by atoms with E-state index in [1.54, 1.807) is 12.1 Å². The molecule has 0 bridgehead atoms. The number of thioether (sulfide) groups is 1. The molecule has 1 N–H and O–H groups in total. The number of carbonyl (C=O) groups is 1. The molecule has 0 saturated carbocycles. The molecule has 0 saturated heterocycles. The van der Waals surface area contributed by atoms with Crippen LogP contribution in [0, 0.1) is 18.3 Å². The zero-order valence-electron chi connectivity index (χ0n) is 20.4. The zero-order valence-corrected chi connectivity index (χ0v) is 22.0. The van der Waals surface area contributed by atoms with E-state index in [0.29, 0.717) is 39.7 Å². The van der Waals surface area contributed by atoms with Crippen LogP contribution in [0.5, 0.6) is 23.0 Å². The molecule has 3 rings (SSSR count). The van der Waals surface area contributed by atoms with Crippen molar-refractivity contribution < 1.29 is 23.7 Å². The van der Waals surface area contributed by atoms with Gasteiger partial charge in [0.1, 0.15) is 30.6 Å². The number of hydrogen-bond donors (Lipinski definition) is 1. The molecule has 9 nitrogen and oxygen atoms in total. The molecule has 0 aliphatic heterocycles. The minimum atomic E-state index is -0.590. The van der Waals surface area contributed by atoms with Gasteiger partial charge in [-0.1, -0.05) is 36.4 Å². The van der Waals surface area contributed by atoms with Crippen LogP contribution < -0.4 is 24.3 Å². The van der Waals surface area contributed by atoms with E-state index in [0.717, 1.165) is 28.6 Å². The summed E-state index contributed by atoms with van der Waals surface area (Å²) in [4.78, 5) is 16.9. The van der Waals surface area contributed by atoms with Gasteiger partial charge in [-0.3, -0.25) is 10.1 Å². The lowest BCUT2D eigenvalue weighted by Gasteiger charge is -2.16. The Bertz CT molecular complexity index is 1230. The minimum Gasteiger partial charge on any atom is -0.493 e. The largest absolute Gasteiger partial charge is 0.493 e. The Balaban J connectivity index is 1.71. The van der Waals surface area contributed by atoms with E-state index in [9.17, 15) is 10.1 Å². The van der Waals surface area contributed by atoms with Gasteiger partial charge in [0.05, 0.1) is 14.2 Å². The van der Waals surface area contributed by atoms with Crippen molar-refractivity contribution in [1.29, 1.82) is 5.26 Å². The fourth-order valence-corrected chi connectivity index (χ4v) is 4.26. The molecule has 0 unspecified atom stereocenters. The summed E-state index contributed by atoms with van der Waals surface area (Å²) in [5.41, 5.74) is 1.57. The Morgan fingerprint density at radius 2 is 1.81 bits per heavy atom. The van der Waals surface area contributed by atoms with Gasteiger partial charge in [-0.05, 0) is 48.6 Å². The summed E-state index contributed by atoms with van der Waals surface area (Å²) < 4.78 is 26.7. The van der Waals surface area contributed by atoms with E-state index in [2.05, 4.69) is 14.7 Å². The van der Waals surface area contributed by atoms with Crippen LogP contribution in [0.1, 0.15) is 18.1 Å². The maximum absolute atomic E-state index is 12.6. The number of hydrogen-bond acceptors (Lipinski definition) is 10. The van der Waals surface area contributed by atoms with Gasteiger partial charge in [0.25, 0.3) is 5.91 Å². The molecule has 1 heterocycles. The highest BCUT2D eigenvalue weighted by atomic mass is 32.2. The lowest BCUT2D eigenvalue weighted by molar-refractivity contribution is -0.112. The second-order valence-corrected chi connectivity index (χ2v) is 9.19. The first kappa shape index (κ1) is 26.8. The van der Waals surface area contributed by atoms with Gasteiger partial charge in [-0.15, -0.1) is 0 Å². The predicted octanol–water partition coefficient (Wildman–Crippen LogP) is 4.98. The minimum absolute atomic E-state index is 0.112. The molecular weight excluding hydrogens is 500 g/mol. The lowest BCUT2D eigenvalue weighted by Crippen LogP contribution is -2.13. The van der Waals surface area contributed by atoms with Crippen molar-refractivity contribution in [3.05, 3.63) is 53.1 Å². The van der Waals surface area contributed by atoms with Crippen molar-refractivity contribution in [2.24, 2.45) is 0 Å². The van der Waals surface area contributed by atoms with Crippen LogP contribution in [-0.4, -0.2) is 48.5 Å². The molecule has 0 aliphatic rings. The van der Waals surface area contributed by atoms with Gasteiger partial charge in [0.2, 0.25) is 16.0 Å². The monoisotopic (exact) mass is 526 g/mol. The quantitative estimate of drug-likeness (QED) is 0.151. The fourth-order valence-electron chi connectivity index (χ4n) is 2.99. The van der Waals surface area contributed by atoms with Gasteiger partial charge >= 0.3 is 0 Å². The Kier molecular flexibility index (Phi) is 9.97. The summed E-state index contributed by atoms with van der Waals surface area (Å²) in [6, 6.07) is 13.0. The van der Waals surface area contributed by atoms with Gasteiger partial charge in [-0.25, -0.2) is 0 Å². The number of rotatable bonds is 12. The Hall–Kier alpha value is -3.75. The molecule has 36 heavy (non-hydrogen) atoms. The second kappa shape index (κ2) is 13.4. The van der Waals surface area contributed by atoms with Gasteiger partial charge in [-0.2, -0.15) is 14.6 Å². The third kappa shape index (κ3) is 7.37. The number of aryl methyl sites for hydroxylation is 1. The van der Waals surface area contributed by atoms with Crippen LogP contribution >= 0.6 is 23.3 Å². The average Bonchev–Trinajstić information content (AvgIpc) is 3.32. The summed E-state index contributed by atoms with van der Waals surface area (Å²) in [6.07, 6.45) is 1.44. The number of amides is 1. The molecule has 0 fully saturated rings. The van der Waals surface area contributed by atoms with Crippen molar-refractivity contribution in [3.63, 3.8) is 0 Å². The Labute approximate surface area is 218 Å². The fraction of sp³-hybridized carbons (Fsp3) is 0.280. The van der Waals surface area contributed by atoms with Crippen LogP contribution in [0.15, 0.2) is 47.1 Å². The number of benzene rings is 2. The highest BCUT2D eigenvalue weighted by molar-refractivity contribution is 7.99. The summed E-state index contributed by atoms with van der Waals surface area (Å²) >= 11 is 2.52. The number of nitrogens with one attached hydrogen (secondary N) is 1. The van der Waals surface area contributed by atoms with Crippen LogP contribution in [0.2, 0.25) is 0 Å². The van der Waals surface area contributed by atoms with Crippen molar-refractivity contribution in [2.75, 3.05) is 38.5 Å². The third-order valence-electron chi connectivity index (χ3n) is 4.68. The number of nitrogens with zero attached hydrogens (tertiary/aromatic N) is 3. The molecule has 1 amide bonds. The maximum Gasteiger partial charge on any atom is 0.268 e. The lowest BCUT2D eigenvalue weighted by atomic mass is 10.1. The SMILES string of the molecule is CCSc1nsc(NC(=O)C(C#N)=Cc2cc(OC)c(OCCOc3ccc(C)cc3)c(OC)c2)n1. The van der Waals surface area contributed by atoms with E-state index in [-0.39, 0.29) is 12.2 Å². The predicted molar refractivity (Wildman–Crippen MR) is 140 cm³/mol. The molecular formula is C25H26N4O5S2. The molecule has 3 aromatic rings. The molecule has 1 aromatic heterocycles. The Morgan fingerprint density at radius 3 is 2.42 bits per heavy atom. The molecule has 188 valence electrons. The number of anilines is 1. The standard InChI is InChI=1S/C25H26N4O5S2/c1-5-35-25-28-24(36-29-25)27-23(30)18(15-26)12-17-13-20(31-3)22(21(14-17)32-4)34-11-10-33-19-8-6-16(2)7-9-19/h6-9,12-14H,5,10-11H2,1-4H3,(H,27,28,29,30). The molecule has 11 heteroatoms. The van der Waals surface area contributed by atoms with Gasteiger partial charge in [0.15, 0.2) is 11.5 Å². The molecule has 0 radical (unpaired) electrons. The second-order valence-electron chi connectivity index (χ2n) is 7.20. The van der Waals surface area contributed by atoms with E-state index >= 15 is 0 Å². The van der Waals surface area contributed by atoms with Crippen molar-refractivity contribution in [3.8, 4) is 29.1 Å². The van der Waals surface area contributed by atoms with Crippen molar-refractivity contribution >= 4 is 40.4 Å². The van der Waals surface area contributed by atoms with Crippen LogP contribution in [0.25, 0.3) is 6.08 Å². The van der Waals surface area contributed by atoms with E-state index < -0.39 is 5.91 Å². The average molecular weight is 527 g/mol. The molecule has 0 aliphatic carbocycles. The van der Waals surface area contributed by atoms with Crippen molar-refractivity contribution in [2.45, 2.75) is 19.0 Å². The van der Waals surface area contributed by atoms with E-state index in [4.69, 9.17) is 18.9 Å². The summed E-state index contributed by atoms with van der Waals surface area (Å²) in [5, 5.41) is 13.1. The van der Waals surface area contributed by atoms with E-state index in [1.807, 2.05) is 44.2 Å². The first-order valence-electron chi connectivity index (χ1n) is 10.9. The number of carbonyl (C=O) groups excluding carboxylic acids is 1. The summed E-state index contributed by atoms with van der Waals surface area (Å²) in [7, 11) is 2.99. The molecule has 0 spiro atoms. The summed E-state index contributed by atoms with van der Waals surface area (Å²) in [5.74, 6) is 2.14. The van der Waals surface area contributed by atoms with Crippen LogP contribution in [-0.2, 0) is 4.79 Å². The zero-order chi connectivity index (χ0) is 25.9. The number of methoxy groups -OCH3 is 2. The Morgan fingerprint density at radius 1 is 1.14 bits per heavy atom. The summed E-state index contributed by atoms with van der Waals surface area (Å²) in [6.45, 7) is 4.57. The first-order chi connectivity index (χ1) is 17.5. The van der Waals surface area contributed by atoms with Gasteiger partial charge in [0, 0.05) is 11.5 Å². The van der Waals surface area contributed by atoms with E-state index in [1.165, 1.54) is 32.1 Å². The molecule has 0 atom stereocenters. The smallest absolute Gasteiger partial charge is 0.268 e. The topological polar surface area (TPSA) is 116 Å². The van der Waals surface area contributed by atoms with Gasteiger partial charge < -0.3 is 18.9 Å². The first-order valence-corrected chi connectivity index (χ1v) is 12.7. The number of aromatic nitrogens is 2. The van der Waals surface area contributed by atoms with Crippen LogP contribution in [0.4, 0.5) is 5.13 Å². The number of ether oxygens (including phenoxy) is 4. The number of nitriles is 1. The maximum atomic E-state index is 12.6.